The number of hydrogen-bond acceptors (Lipinski definition) is 4. The monoisotopic (exact) mass is 268 g/mol. The first kappa shape index (κ1) is 12.7. The average Bonchev–Trinajstić information content (AvgIpc) is 2.84. The number of aromatic nitrogens is 2. The van der Waals surface area contributed by atoms with Gasteiger partial charge in [-0.15, -0.1) is 0 Å². The Balaban J connectivity index is 1.91. The quantitative estimate of drug-likeness (QED) is 0.603. The lowest BCUT2D eigenvalue weighted by Gasteiger charge is -2.06. The van der Waals surface area contributed by atoms with Crippen LogP contribution in [0.4, 0.5) is 0 Å². The normalized spacial score (nSPS) is 10.9. The fraction of sp³-hybridized carbons (Fsp3) is 0.0714. The number of nitrogens with zero attached hydrogens (tertiary/aromatic N) is 2. The maximum absolute atomic E-state index is 9.74. The Morgan fingerprint density at radius 3 is 2.50 bits per heavy atom. The Labute approximate surface area is 115 Å². The lowest BCUT2D eigenvalue weighted by molar-refractivity contribution is 0.426. The minimum absolute atomic E-state index is 0.215. The van der Waals surface area contributed by atoms with E-state index in [1.165, 1.54) is 0 Å². The van der Waals surface area contributed by atoms with Gasteiger partial charge in [-0.05, 0) is 23.2 Å². The molecule has 0 spiro atoms. The molecular formula is C14H13BN2O3. The predicted molar refractivity (Wildman–Crippen MR) is 76.8 cm³/mol. The van der Waals surface area contributed by atoms with Crippen LogP contribution in [0, 0.1) is 0 Å². The summed E-state index contributed by atoms with van der Waals surface area (Å²) < 4.78 is 1.93. The summed E-state index contributed by atoms with van der Waals surface area (Å²) in [6, 6.07) is 10.4. The van der Waals surface area contributed by atoms with Crippen LogP contribution in [0.2, 0.25) is 0 Å². The molecule has 1 aromatic carbocycles. The van der Waals surface area contributed by atoms with Crippen LogP contribution in [-0.4, -0.2) is 31.8 Å². The number of fused-ring (bicyclic) bond motifs is 1. The van der Waals surface area contributed by atoms with E-state index in [-0.39, 0.29) is 5.75 Å². The standard InChI is InChI=1S/C14H13BN2O3/c18-13-5-7-16-14-12(13)6-8-17(14)9-10-1-3-11(4-2-10)15(19)20/h1-8,19-20H,9H2,(H,16,18). The maximum atomic E-state index is 9.74. The molecular weight excluding hydrogens is 255 g/mol. The molecule has 0 aliphatic heterocycles. The van der Waals surface area contributed by atoms with Crippen LogP contribution in [0.1, 0.15) is 5.56 Å². The Morgan fingerprint density at radius 1 is 1.05 bits per heavy atom. The molecule has 0 aliphatic carbocycles. The molecule has 0 fully saturated rings. The number of hydrogen-bond donors (Lipinski definition) is 3. The molecule has 0 saturated carbocycles. The third-order valence-corrected chi connectivity index (χ3v) is 3.27. The van der Waals surface area contributed by atoms with E-state index in [0.29, 0.717) is 12.0 Å². The van der Waals surface area contributed by atoms with E-state index in [0.717, 1.165) is 16.6 Å². The highest BCUT2D eigenvalue weighted by molar-refractivity contribution is 6.58. The molecule has 0 saturated heterocycles. The van der Waals surface area contributed by atoms with Crippen molar-refractivity contribution >= 4 is 23.6 Å². The molecule has 0 atom stereocenters. The van der Waals surface area contributed by atoms with Crippen molar-refractivity contribution < 1.29 is 15.2 Å². The first-order chi connectivity index (χ1) is 9.65. The second-order valence-electron chi connectivity index (χ2n) is 4.63. The van der Waals surface area contributed by atoms with Crippen molar-refractivity contribution in [1.82, 2.24) is 9.55 Å². The van der Waals surface area contributed by atoms with Gasteiger partial charge in [-0.1, -0.05) is 24.3 Å². The summed E-state index contributed by atoms with van der Waals surface area (Å²) in [4.78, 5) is 4.27. The lowest BCUT2D eigenvalue weighted by Crippen LogP contribution is -2.29. The summed E-state index contributed by atoms with van der Waals surface area (Å²) in [7, 11) is -1.45. The molecule has 0 bridgehead atoms. The Bertz CT molecular complexity index is 738. The molecule has 20 heavy (non-hydrogen) atoms. The summed E-state index contributed by atoms with van der Waals surface area (Å²) in [5.74, 6) is 0.215. The van der Waals surface area contributed by atoms with Gasteiger partial charge in [0.15, 0.2) is 0 Å². The fourth-order valence-electron chi connectivity index (χ4n) is 2.20. The molecule has 3 N–H and O–H groups in total. The minimum Gasteiger partial charge on any atom is -0.507 e. The van der Waals surface area contributed by atoms with Gasteiger partial charge < -0.3 is 19.7 Å². The van der Waals surface area contributed by atoms with Gasteiger partial charge in [0.25, 0.3) is 0 Å². The largest absolute Gasteiger partial charge is 0.507 e. The van der Waals surface area contributed by atoms with Crippen molar-refractivity contribution in [2.24, 2.45) is 0 Å². The van der Waals surface area contributed by atoms with Gasteiger partial charge in [0.2, 0.25) is 0 Å². The van der Waals surface area contributed by atoms with Gasteiger partial charge in [0.05, 0.1) is 5.39 Å². The van der Waals surface area contributed by atoms with Crippen LogP contribution in [0.5, 0.6) is 5.75 Å². The Kier molecular flexibility index (Phi) is 3.18. The van der Waals surface area contributed by atoms with Crippen molar-refractivity contribution in [2.45, 2.75) is 6.54 Å². The fourth-order valence-corrected chi connectivity index (χ4v) is 2.20. The summed E-state index contributed by atoms with van der Waals surface area (Å²) in [5, 5.41) is 28.6. The van der Waals surface area contributed by atoms with E-state index in [4.69, 9.17) is 10.0 Å². The average molecular weight is 268 g/mol. The second-order valence-corrected chi connectivity index (χ2v) is 4.63. The van der Waals surface area contributed by atoms with E-state index in [1.807, 2.05) is 29.0 Å². The SMILES string of the molecule is OB(O)c1ccc(Cn2ccc3c(O)ccnc32)cc1. The number of rotatable bonds is 3. The summed E-state index contributed by atoms with van der Waals surface area (Å²) in [6.45, 7) is 0.599. The molecule has 3 rings (SSSR count). The zero-order chi connectivity index (χ0) is 14.1. The smallest absolute Gasteiger partial charge is 0.488 e. The summed E-state index contributed by atoms with van der Waals surface area (Å²) in [6.07, 6.45) is 3.44. The van der Waals surface area contributed by atoms with Gasteiger partial charge in [0.1, 0.15) is 11.4 Å². The highest BCUT2D eigenvalue weighted by Gasteiger charge is 2.10. The van der Waals surface area contributed by atoms with Crippen LogP contribution in [0.3, 0.4) is 0 Å². The zero-order valence-electron chi connectivity index (χ0n) is 10.6. The molecule has 3 aromatic rings. The third-order valence-electron chi connectivity index (χ3n) is 3.27. The van der Waals surface area contributed by atoms with Crippen molar-refractivity contribution in [2.75, 3.05) is 0 Å². The van der Waals surface area contributed by atoms with Gasteiger partial charge in [-0.2, -0.15) is 0 Å². The Hall–Kier alpha value is -2.31. The van der Waals surface area contributed by atoms with Crippen molar-refractivity contribution in [3.8, 4) is 5.75 Å². The number of pyridine rings is 1. The van der Waals surface area contributed by atoms with E-state index in [1.54, 1.807) is 24.4 Å². The first-order valence-corrected chi connectivity index (χ1v) is 6.23. The predicted octanol–water partition coefficient (Wildman–Crippen LogP) is 0.470. The van der Waals surface area contributed by atoms with Crippen LogP contribution in [-0.2, 0) is 6.54 Å². The third kappa shape index (κ3) is 2.26. The summed E-state index contributed by atoms with van der Waals surface area (Å²) >= 11 is 0. The summed E-state index contributed by atoms with van der Waals surface area (Å²) in [5.41, 5.74) is 2.19. The van der Waals surface area contributed by atoms with E-state index in [2.05, 4.69) is 4.98 Å². The number of benzene rings is 1. The number of aromatic hydroxyl groups is 1. The van der Waals surface area contributed by atoms with Crippen LogP contribution in [0.15, 0.2) is 48.8 Å². The van der Waals surface area contributed by atoms with Gasteiger partial charge in [-0.25, -0.2) is 4.98 Å². The lowest BCUT2D eigenvalue weighted by atomic mass is 9.80. The van der Waals surface area contributed by atoms with Crippen LogP contribution >= 0.6 is 0 Å². The molecule has 0 amide bonds. The van der Waals surface area contributed by atoms with E-state index < -0.39 is 7.12 Å². The molecule has 2 aromatic heterocycles. The maximum Gasteiger partial charge on any atom is 0.488 e. The van der Waals surface area contributed by atoms with Crippen LogP contribution < -0.4 is 5.46 Å². The van der Waals surface area contributed by atoms with Gasteiger partial charge in [-0.3, -0.25) is 0 Å². The van der Waals surface area contributed by atoms with Crippen molar-refractivity contribution in [3.05, 3.63) is 54.4 Å². The molecule has 5 nitrogen and oxygen atoms in total. The van der Waals surface area contributed by atoms with E-state index >= 15 is 0 Å². The first-order valence-electron chi connectivity index (χ1n) is 6.23. The second kappa shape index (κ2) is 4.99. The Morgan fingerprint density at radius 2 is 1.80 bits per heavy atom. The highest BCUT2D eigenvalue weighted by atomic mass is 16.4. The van der Waals surface area contributed by atoms with Gasteiger partial charge in [0, 0.05) is 18.9 Å². The van der Waals surface area contributed by atoms with Gasteiger partial charge >= 0.3 is 7.12 Å². The highest BCUT2D eigenvalue weighted by Crippen LogP contribution is 2.23. The van der Waals surface area contributed by atoms with E-state index in [9.17, 15) is 5.11 Å². The molecule has 100 valence electrons. The zero-order valence-corrected chi connectivity index (χ0v) is 10.6. The molecule has 2 heterocycles. The molecule has 0 unspecified atom stereocenters. The van der Waals surface area contributed by atoms with Crippen molar-refractivity contribution in [3.63, 3.8) is 0 Å². The van der Waals surface area contributed by atoms with Crippen LogP contribution in [0.25, 0.3) is 11.0 Å². The molecule has 0 radical (unpaired) electrons. The minimum atomic E-state index is -1.45. The molecule has 0 aliphatic rings. The topological polar surface area (TPSA) is 78.5 Å². The van der Waals surface area contributed by atoms with Crippen molar-refractivity contribution in [1.29, 1.82) is 0 Å². The molecule has 6 heteroatoms.